The first-order chi connectivity index (χ1) is 11.4. The number of ether oxygens (including phenoxy) is 1. The Bertz CT molecular complexity index is 705. The highest BCUT2D eigenvalue weighted by molar-refractivity contribution is 5.58. The molecule has 2 rings (SSSR count). The second-order valence-corrected chi connectivity index (χ2v) is 5.56. The molecule has 6 nitrogen and oxygen atoms in total. The molecule has 0 aliphatic heterocycles. The van der Waals surface area contributed by atoms with Gasteiger partial charge in [0.15, 0.2) is 5.75 Å². The zero-order chi connectivity index (χ0) is 17.7. The van der Waals surface area contributed by atoms with Gasteiger partial charge in [-0.3, -0.25) is 10.1 Å². The highest BCUT2D eigenvalue weighted by atomic mass is 19.1. The molecule has 7 heteroatoms. The van der Waals surface area contributed by atoms with Gasteiger partial charge >= 0.3 is 5.69 Å². The van der Waals surface area contributed by atoms with Gasteiger partial charge in [-0.25, -0.2) is 4.39 Å². The minimum Gasteiger partial charge on any atom is -0.490 e. The Labute approximate surface area is 140 Å². The van der Waals surface area contributed by atoms with Crippen molar-refractivity contribution in [2.45, 2.75) is 6.04 Å². The van der Waals surface area contributed by atoms with Crippen LogP contribution in [0.1, 0.15) is 11.6 Å². The van der Waals surface area contributed by atoms with Crippen LogP contribution < -0.4 is 10.1 Å². The van der Waals surface area contributed by atoms with E-state index in [1.807, 2.05) is 19.0 Å². The number of nitro benzene ring substituents is 1. The summed E-state index contributed by atoms with van der Waals surface area (Å²) in [4.78, 5) is 12.5. The lowest BCUT2D eigenvalue weighted by molar-refractivity contribution is -0.385. The van der Waals surface area contributed by atoms with E-state index >= 15 is 0 Å². The molecule has 0 aromatic heterocycles. The highest BCUT2D eigenvalue weighted by Gasteiger charge is 2.17. The lowest BCUT2D eigenvalue weighted by Gasteiger charge is -2.25. The minimum atomic E-state index is -0.482. The predicted octanol–water partition coefficient (Wildman–Crippen LogP) is 3.46. The Kier molecular flexibility index (Phi) is 5.70. The number of hydrogen-bond acceptors (Lipinski definition) is 5. The summed E-state index contributed by atoms with van der Waals surface area (Å²) >= 11 is 0. The zero-order valence-electron chi connectivity index (χ0n) is 13.8. The zero-order valence-corrected chi connectivity index (χ0v) is 13.8. The SMILES string of the molecule is COc1cc(NCC(c2ccc(F)cc2)N(C)C)ccc1[N+](=O)[O-]. The van der Waals surface area contributed by atoms with Crippen LogP contribution in [0.15, 0.2) is 42.5 Å². The van der Waals surface area contributed by atoms with E-state index in [4.69, 9.17) is 4.74 Å². The van der Waals surface area contributed by atoms with Gasteiger partial charge in [0.05, 0.1) is 18.1 Å². The number of halogens is 1. The van der Waals surface area contributed by atoms with E-state index in [1.54, 1.807) is 24.3 Å². The molecule has 0 aliphatic rings. The lowest BCUT2D eigenvalue weighted by Crippen LogP contribution is -2.26. The van der Waals surface area contributed by atoms with Gasteiger partial charge in [-0.15, -0.1) is 0 Å². The van der Waals surface area contributed by atoms with Crippen LogP contribution in [0.25, 0.3) is 0 Å². The van der Waals surface area contributed by atoms with E-state index in [2.05, 4.69) is 5.32 Å². The Morgan fingerprint density at radius 2 is 1.92 bits per heavy atom. The summed E-state index contributed by atoms with van der Waals surface area (Å²) in [6, 6.07) is 11.0. The van der Waals surface area contributed by atoms with E-state index in [1.165, 1.54) is 25.3 Å². The third kappa shape index (κ3) is 4.20. The van der Waals surface area contributed by atoms with Gasteiger partial charge in [0.1, 0.15) is 5.82 Å². The molecule has 0 fully saturated rings. The average molecular weight is 333 g/mol. The van der Waals surface area contributed by atoms with Crippen molar-refractivity contribution in [3.8, 4) is 5.75 Å². The standard InChI is InChI=1S/C17H20FN3O3/c1-20(2)16(12-4-6-13(18)7-5-12)11-19-14-8-9-15(21(22)23)17(10-14)24-3/h4-10,16,19H,11H2,1-3H3. The summed E-state index contributed by atoms with van der Waals surface area (Å²) in [6.45, 7) is 0.555. The van der Waals surface area contributed by atoms with Gasteiger partial charge in [-0.05, 0) is 37.9 Å². The number of nitro groups is 1. The van der Waals surface area contributed by atoms with Crippen LogP contribution in [0, 0.1) is 15.9 Å². The molecule has 24 heavy (non-hydrogen) atoms. The largest absolute Gasteiger partial charge is 0.490 e. The fraction of sp³-hybridized carbons (Fsp3) is 0.294. The van der Waals surface area contributed by atoms with Gasteiger partial charge < -0.3 is 15.0 Å². The lowest BCUT2D eigenvalue weighted by atomic mass is 10.1. The number of likely N-dealkylation sites (N-methyl/N-ethyl adjacent to an activating group) is 1. The topological polar surface area (TPSA) is 67.6 Å². The molecule has 0 bridgehead atoms. The van der Waals surface area contributed by atoms with Crippen LogP contribution in [0.5, 0.6) is 5.75 Å². The number of benzene rings is 2. The van der Waals surface area contributed by atoms with Crippen molar-refractivity contribution in [3.63, 3.8) is 0 Å². The van der Waals surface area contributed by atoms with Gasteiger partial charge in [-0.1, -0.05) is 12.1 Å². The normalized spacial score (nSPS) is 12.0. The van der Waals surface area contributed by atoms with Crippen molar-refractivity contribution in [3.05, 3.63) is 64.0 Å². The van der Waals surface area contributed by atoms with Gasteiger partial charge in [-0.2, -0.15) is 0 Å². The fourth-order valence-electron chi connectivity index (χ4n) is 2.44. The second-order valence-electron chi connectivity index (χ2n) is 5.56. The second kappa shape index (κ2) is 7.74. The molecular weight excluding hydrogens is 313 g/mol. The van der Waals surface area contributed by atoms with Crippen molar-refractivity contribution in [2.75, 3.05) is 33.1 Å². The Morgan fingerprint density at radius 1 is 1.25 bits per heavy atom. The number of methoxy groups -OCH3 is 1. The van der Waals surface area contributed by atoms with Crippen molar-refractivity contribution < 1.29 is 14.1 Å². The predicted molar refractivity (Wildman–Crippen MR) is 91.0 cm³/mol. The minimum absolute atomic E-state index is 0.0202. The number of nitrogens with zero attached hydrogens (tertiary/aromatic N) is 2. The van der Waals surface area contributed by atoms with Crippen LogP contribution in [-0.4, -0.2) is 37.6 Å². The van der Waals surface area contributed by atoms with Crippen molar-refractivity contribution in [1.82, 2.24) is 4.90 Å². The maximum atomic E-state index is 13.1. The molecule has 0 saturated carbocycles. The van der Waals surface area contributed by atoms with E-state index in [0.29, 0.717) is 12.2 Å². The summed E-state index contributed by atoms with van der Waals surface area (Å²) in [5, 5.41) is 14.2. The first-order valence-corrected chi connectivity index (χ1v) is 7.40. The molecule has 0 heterocycles. The van der Waals surface area contributed by atoms with Crippen molar-refractivity contribution in [1.29, 1.82) is 0 Å². The molecule has 0 spiro atoms. The highest BCUT2D eigenvalue weighted by Crippen LogP contribution is 2.30. The number of nitrogens with one attached hydrogen (secondary N) is 1. The summed E-state index contributed by atoms with van der Waals surface area (Å²) in [5.74, 6) is -0.0718. The number of hydrogen-bond donors (Lipinski definition) is 1. The fourth-order valence-corrected chi connectivity index (χ4v) is 2.44. The average Bonchev–Trinajstić information content (AvgIpc) is 2.56. The maximum Gasteiger partial charge on any atom is 0.311 e. The van der Waals surface area contributed by atoms with Crippen molar-refractivity contribution in [2.24, 2.45) is 0 Å². The first-order valence-electron chi connectivity index (χ1n) is 7.40. The molecule has 0 saturated heterocycles. The Hall–Kier alpha value is -2.67. The number of rotatable bonds is 7. The maximum absolute atomic E-state index is 13.1. The summed E-state index contributed by atoms with van der Waals surface area (Å²) < 4.78 is 18.2. The van der Waals surface area contributed by atoms with Gasteiger partial charge in [0, 0.05) is 24.4 Å². The molecule has 0 amide bonds. The van der Waals surface area contributed by atoms with Crippen molar-refractivity contribution >= 4 is 11.4 Å². The molecule has 1 atom stereocenters. The molecule has 0 radical (unpaired) electrons. The molecule has 1 unspecified atom stereocenters. The van der Waals surface area contributed by atoms with Crippen LogP contribution in [0.4, 0.5) is 15.8 Å². The quantitative estimate of drug-likeness (QED) is 0.621. The summed E-state index contributed by atoms with van der Waals surface area (Å²) in [6.07, 6.45) is 0. The Balaban J connectivity index is 2.15. The number of anilines is 1. The molecule has 1 N–H and O–H groups in total. The molecule has 0 aliphatic carbocycles. The Morgan fingerprint density at radius 3 is 2.46 bits per heavy atom. The van der Waals surface area contributed by atoms with Crippen LogP contribution >= 0.6 is 0 Å². The van der Waals surface area contributed by atoms with Gasteiger partial charge in [0.25, 0.3) is 0 Å². The molecule has 2 aromatic carbocycles. The summed E-state index contributed by atoms with van der Waals surface area (Å²) in [5.41, 5.74) is 1.61. The van der Waals surface area contributed by atoms with E-state index in [0.717, 1.165) is 5.56 Å². The third-order valence-electron chi connectivity index (χ3n) is 3.75. The summed E-state index contributed by atoms with van der Waals surface area (Å²) in [7, 11) is 5.27. The smallest absolute Gasteiger partial charge is 0.311 e. The molecule has 128 valence electrons. The van der Waals surface area contributed by atoms with Crippen LogP contribution in [-0.2, 0) is 0 Å². The molecule has 2 aromatic rings. The molecular formula is C17H20FN3O3. The third-order valence-corrected chi connectivity index (χ3v) is 3.75. The van der Waals surface area contributed by atoms with E-state index in [-0.39, 0.29) is 23.3 Å². The van der Waals surface area contributed by atoms with Crippen LogP contribution in [0.2, 0.25) is 0 Å². The van der Waals surface area contributed by atoms with Gasteiger partial charge in [0.2, 0.25) is 0 Å². The first kappa shape index (κ1) is 17.7. The van der Waals surface area contributed by atoms with E-state index in [9.17, 15) is 14.5 Å². The van der Waals surface area contributed by atoms with Crippen LogP contribution in [0.3, 0.4) is 0 Å². The van der Waals surface area contributed by atoms with E-state index < -0.39 is 4.92 Å². The monoisotopic (exact) mass is 333 g/mol.